The van der Waals surface area contributed by atoms with E-state index in [4.69, 9.17) is 0 Å². The Hall–Kier alpha value is -1.14. The van der Waals surface area contributed by atoms with Crippen LogP contribution in [0.3, 0.4) is 0 Å². The quantitative estimate of drug-likeness (QED) is 0.821. The molecule has 2 N–H and O–H groups in total. The molecular weight excluding hydrogens is 240 g/mol. The molecule has 1 aromatic rings. The van der Waals surface area contributed by atoms with E-state index in [9.17, 15) is 13.5 Å². The van der Waals surface area contributed by atoms with Gasteiger partial charge in [0.25, 0.3) is 0 Å². The van der Waals surface area contributed by atoms with Crippen LogP contribution in [0.1, 0.15) is 13.8 Å². The molecule has 0 saturated heterocycles. The van der Waals surface area contributed by atoms with E-state index >= 15 is 0 Å². The fraction of sp³-hybridized carbons (Fsp3) is 0.545. The largest absolute Gasteiger partial charge is 0.394 e. The van der Waals surface area contributed by atoms with Crippen LogP contribution in [0.25, 0.3) is 0 Å². The van der Waals surface area contributed by atoms with Crippen molar-refractivity contribution < 1.29 is 13.5 Å². The van der Waals surface area contributed by atoms with E-state index in [-0.39, 0.29) is 23.5 Å². The molecule has 5 nitrogen and oxygen atoms in total. The number of hydrogen-bond acceptors (Lipinski definition) is 5. The van der Waals surface area contributed by atoms with E-state index in [0.717, 1.165) is 6.26 Å². The summed E-state index contributed by atoms with van der Waals surface area (Å²) < 4.78 is 23.1. The zero-order chi connectivity index (χ0) is 13.1. The third kappa shape index (κ3) is 3.67. The fourth-order valence-corrected chi connectivity index (χ4v) is 2.19. The van der Waals surface area contributed by atoms with Gasteiger partial charge in [-0.05, 0) is 18.1 Å². The van der Waals surface area contributed by atoms with Crippen molar-refractivity contribution in [1.82, 2.24) is 4.98 Å². The van der Waals surface area contributed by atoms with E-state index in [1.165, 1.54) is 12.3 Å². The van der Waals surface area contributed by atoms with Gasteiger partial charge in [-0.2, -0.15) is 0 Å². The summed E-state index contributed by atoms with van der Waals surface area (Å²) in [5.41, 5.74) is 0. The zero-order valence-corrected chi connectivity index (χ0v) is 11.0. The molecule has 1 aromatic heterocycles. The van der Waals surface area contributed by atoms with Gasteiger partial charge in [-0.25, -0.2) is 13.4 Å². The number of aliphatic hydroxyl groups is 1. The number of sulfone groups is 1. The summed E-state index contributed by atoms with van der Waals surface area (Å²) in [6, 6.07) is 2.86. The number of nitrogens with one attached hydrogen (secondary N) is 1. The Kier molecular flexibility index (Phi) is 4.47. The van der Waals surface area contributed by atoms with E-state index in [1.54, 1.807) is 6.07 Å². The summed E-state index contributed by atoms with van der Waals surface area (Å²) in [7, 11) is -3.32. The molecule has 6 heteroatoms. The SMILES string of the molecule is CC(C)[C@@H](CO)Nc1ncccc1S(C)(=O)=O. The topological polar surface area (TPSA) is 79.3 Å². The van der Waals surface area contributed by atoms with Crippen molar-refractivity contribution >= 4 is 15.7 Å². The first kappa shape index (κ1) is 13.9. The average Bonchev–Trinajstić information content (AvgIpc) is 2.24. The standard InChI is InChI=1S/C11H18N2O3S/c1-8(2)9(7-14)13-11-10(17(3,15)16)5-4-6-12-11/h4-6,8-9,14H,7H2,1-3H3,(H,12,13)/t9-/m1/s1. The maximum atomic E-state index is 11.6. The molecular formula is C11H18N2O3S. The lowest BCUT2D eigenvalue weighted by Crippen LogP contribution is -2.30. The predicted molar refractivity (Wildman–Crippen MR) is 66.7 cm³/mol. The zero-order valence-electron chi connectivity index (χ0n) is 10.2. The Morgan fingerprint density at radius 1 is 1.47 bits per heavy atom. The molecule has 0 unspecified atom stereocenters. The van der Waals surface area contributed by atoms with E-state index in [0.29, 0.717) is 5.82 Å². The van der Waals surface area contributed by atoms with Crippen LogP contribution in [0.4, 0.5) is 5.82 Å². The molecule has 0 saturated carbocycles. The van der Waals surface area contributed by atoms with Crippen LogP contribution in [0.5, 0.6) is 0 Å². The molecule has 1 heterocycles. The molecule has 96 valence electrons. The summed E-state index contributed by atoms with van der Waals surface area (Å²) >= 11 is 0. The highest BCUT2D eigenvalue weighted by Gasteiger charge is 2.18. The van der Waals surface area contributed by atoms with Gasteiger partial charge in [-0.3, -0.25) is 0 Å². The molecule has 1 rings (SSSR count). The van der Waals surface area contributed by atoms with E-state index in [1.807, 2.05) is 13.8 Å². The highest BCUT2D eigenvalue weighted by atomic mass is 32.2. The van der Waals surface area contributed by atoms with Gasteiger partial charge in [-0.15, -0.1) is 0 Å². The Balaban J connectivity index is 3.07. The van der Waals surface area contributed by atoms with Crippen molar-refractivity contribution in [2.75, 3.05) is 18.2 Å². The second-order valence-electron chi connectivity index (χ2n) is 4.30. The van der Waals surface area contributed by atoms with E-state index in [2.05, 4.69) is 10.3 Å². The number of aliphatic hydroxyl groups excluding tert-OH is 1. The van der Waals surface area contributed by atoms with Crippen molar-refractivity contribution in [3.8, 4) is 0 Å². The predicted octanol–water partition coefficient (Wildman–Crippen LogP) is 0.914. The van der Waals surface area contributed by atoms with Gasteiger partial charge in [0.05, 0.1) is 12.6 Å². The molecule has 17 heavy (non-hydrogen) atoms. The molecule has 0 aliphatic rings. The third-order valence-electron chi connectivity index (χ3n) is 2.49. The van der Waals surface area contributed by atoms with Crippen LogP contribution in [0.2, 0.25) is 0 Å². The smallest absolute Gasteiger partial charge is 0.179 e. The van der Waals surface area contributed by atoms with Crippen molar-refractivity contribution in [2.24, 2.45) is 5.92 Å². The lowest BCUT2D eigenvalue weighted by atomic mass is 10.1. The van der Waals surface area contributed by atoms with Crippen LogP contribution in [0, 0.1) is 5.92 Å². The number of aromatic nitrogens is 1. The summed E-state index contributed by atoms with van der Waals surface area (Å²) in [6.07, 6.45) is 2.66. The molecule has 0 amide bonds. The maximum absolute atomic E-state index is 11.6. The van der Waals surface area contributed by atoms with Crippen LogP contribution in [0.15, 0.2) is 23.2 Å². The Morgan fingerprint density at radius 2 is 2.12 bits per heavy atom. The van der Waals surface area contributed by atoms with Crippen LogP contribution in [-0.4, -0.2) is 37.4 Å². The lowest BCUT2D eigenvalue weighted by molar-refractivity contribution is 0.249. The number of rotatable bonds is 5. The summed E-state index contributed by atoms with van der Waals surface area (Å²) in [5, 5.41) is 12.2. The molecule has 0 bridgehead atoms. The first-order chi connectivity index (χ1) is 7.86. The van der Waals surface area contributed by atoms with E-state index < -0.39 is 9.84 Å². The summed E-state index contributed by atoms with van der Waals surface area (Å²) in [6.45, 7) is 3.81. The molecule has 0 fully saturated rings. The van der Waals surface area contributed by atoms with Crippen molar-refractivity contribution in [1.29, 1.82) is 0 Å². The Morgan fingerprint density at radius 3 is 2.59 bits per heavy atom. The maximum Gasteiger partial charge on any atom is 0.179 e. The second kappa shape index (κ2) is 5.46. The van der Waals surface area contributed by atoms with Crippen molar-refractivity contribution in [3.63, 3.8) is 0 Å². The van der Waals surface area contributed by atoms with Gasteiger partial charge in [0.2, 0.25) is 0 Å². The molecule has 0 radical (unpaired) electrons. The molecule has 0 spiro atoms. The fourth-order valence-electron chi connectivity index (χ4n) is 1.40. The minimum Gasteiger partial charge on any atom is -0.394 e. The molecule has 1 atom stereocenters. The highest BCUT2D eigenvalue weighted by Crippen LogP contribution is 2.19. The van der Waals surface area contributed by atoms with Crippen LogP contribution < -0.4 is 5.32 Å². The molecule has 0 aromatic carbocycles. The lowest BCUT2D eigenvalue weighted by Gasteiger charge is -2.21. The Labute approximate surface area is 102 Å². The van der Waals surface area contributed by atoms with Gasteiger partial charge < -0.3 is 10.4 Å². The first-order valence-corrected chi connectivity index (χ1v) is 7.28. The van der Waals surface area contributed by atoms with Gasteiger partial charge in [0, 0.05) is 12.5 Å². The highest BCUT2D eigenvalue weighted by molar-refractivity contribution is 7.90. The minimum absolute atomic E-state index is 0.0720. The summed E-state index contributed by atoms with van der Waals surface area (Å²) in [5.74, 6) is 0.470. The van der Waals surface area contributed by atoms with Crippen molar-refractivity contribution in [3.05, 3.63) is 18.3 Å². The number of pyridine rings is 1. The van der Waals surface area contributed by atoms with Gasteiger partial charge in [-0.1, -0.05) is 13.8 Å². The minimum atomic E-state index is -3.32. The normalized spacial score (nSPS) is 13.7. The van der Waals surface area contributed by atoms with Gasteiger partial charge in [0.15, 0.2) is 9.84 Å². The first-order valence-electron chi connectivity index (χ1n) is 5.38. The van der Waals surface area contributed by atoms with Gasteiger partial charge >= 0.3 is 0 Å². The summed E-state index contributed by atoms with van der Waals surface area (Å²) in [4.78, 5) is 4.17. The van der Waals surface area contributed by atoms with Crippen LogP contribution >= 0.6 is 0 Å². The van der Waals surface area contributed by atoms with Crippen molar-refractivity contribution in [2.45, 2.75) is 24.8 Å². The number of hydrogen-bond donors (Lipinski definition) is 2. The van der Waals surface area contributed by atoms with Crippen LogP contribution in [-0.2, 0) is 9.84 Å². The third-order valence-corrected chi connectivity index (χ3v) is 3.62. The average molecular weight is 258 g/mol. The monoisotopic (exact) mass is 258 g/mol. The number of nitrogens with zero attached hydrogens (tertiary/aromatic N) is 1. The number of anilines is 1. The Bertz CT molecular complexity index is 471. The van der Waals surface area contributed by atoms with Gasteiger partial charge in [0.1, 0.15) is 10.7 Å². The molecule has 0 aliphatic carbocycles. The molecule has 0 aliphatic heterocycles. The second-order valence-corrected chi connectivity index (χ2v) is 6.28.